The first-order valence-corrected chi connectivity index (χ1v) is 6.25. The van der Waals surface area contributed by atoms with E-state index in [0.717, 1.165) is 25.8 Å². The molecule has 1 aliphatic rings. The van der Waals surface area contributed by atoms with Crippen molar-refractivity contribution in [2.24, 2.45) is 11.3 Å². The highest BCUT2D eigenvalue weighted by Gasteiger charge is 2.40. The average molecular weight is 221 g/mol. The fraction of sp³-hybridized carbons (Fsp3) is 0.786. The Morgan fingerprint density at radius 1 is 1.56 bits per heavy atom. The van der Waals surface area contributed by atoms with E-state index in [-0.39, 0.29) is 17.2 Å². The summed E-state index contributed by atoms with van der Waals surface area (Å²) in [6.45, 7) is 7.72. The monoisotopic (exact) mass is 221 g/mol. The van der Waals surface area contributed by atoms with E-state index in [1.165, 1.54) is 6.42 Å². The maximum atomic E-state index is 12.4. The van der Waals surface area contributed by atoms with Gasteiger partial charge in [-0.2, -0.15) is 0 Å². The molecule has 0 aromatic carbocycles. The fourth-order valence-corrected chi connectivity index (χ4v) is 2.65. The third-order valence-electron chi connectivity index (χ3n) is 3.64. The Hall–Kier alpha value is -0.970. The molecule has 1 rings (SSSR count). The van der Waals surface area contributed by atoms with Gasteiger partial charge in [-0.25, -0.2) is 0 Å². The molecule has 2 heteroatoms. The van der Waals surface area contributed by atoms with Crippen molar-refractivity contribution in [1.29, 1.82) is 0 Å². The van der Waals surface area contributed by atoms with Gasteiger partial charge in [0.05, 0.1) is 6.54 Å². The molecule has 0 aromatic rings. The van der Waals surface area contributed by atoms with Crippen LogP contribution in [-0.2, 0) is 4.79 Å². The van der Waals surface area contributed by atoms with Gasteiger partial charge in [0.15, 0.2) is 0 Å². The van der Waals surface area contributed by atoms with Crippen LogP contribution in [0.4, 0.5) is 0 Å². The van der Waals surface area contributed by atoms with Gasteiger partial charge in [0.1, 0.15) is 0 Å². The van der Waals surface area contributed by atoms with Crippen LogP contribution in [0.15, 0.2) is 0 Å². The van der Waals surface area contributed by atoms with Gasteiger partial charge >= 0.3 is 0 Å². The van der Waals surface area contributed by atoms with E-state index in [4.69, 9.17) is 6.42 Å². The molecule has 0 heterocycles. The molecular formula is C14H23NO. The van der Waals surface area contributed by atoms with Gasteiger partial charge in [-0.3, -0.25) is 4.79 Å². The van der Waals surface area contributed by atoms with Gasteiger partial charge in [0, 0.05) is 12.5 Å². The van der Waals surface area contributed by atoms with E-state index in [2.05, 4.69) is 26.7 Å². The van der Waals surface area contributed by atoms with Gasteiger partial charge in [-0.15, -0.1) is 6.42 Å². The van der Waals surface area contributed by atoms with Crippen LogP contribution in [0.3, 0.4) is 0 Å². The molecule has 90 valence electrons. The van der Waals surface area contributed by atoms with E-state index in [9.17, 15) is 4.79 Å². The lowest BCUT2D eigenvalue weighted by atomic mass is 9.81. The summed E-state index contributed by atoms with van der Waals surface area (Å²) >= 11 is 0. The summed E-state index contributed by atoms with van der Waals surface area (Å²) in [5.74, 6) is 3.03. The van der Waals surface area contributed by atoms with Crippen molar-refractivity contribution in [3.8, 4) is 12.3 Å². The number of hydrogen-bond acceptors (Lipinski definition) is 1. The first-order chi connectivity index (χ1) is 7.53. The normalized spacial score (nSPS) is 22.8. The Kier molecular flexibility index (Phi) is 4.41. The zero-order valence-electron chi connectivity index (χ0n) is 10.8. The molecule has 1 fully saturated rings. The minimum atomic E-state index is 0.150. The summed E-state index contributed by atoms with van der Waals surface area (Å²) in [6, 6.07) is 0. The van der Waals surface area contributed by atoms with E-state index in [1.54, 1.807) is 0 Å². The highest BCUT2D eigenvalue weighted by Crippen LogP contribution is 2.43. The summed E-state index contributed by atoms with van der Waals surface area (Å²) in [5.41, 5.74) is 0.150. The molecule has 1 saturated carbocycles. The Balaban J connectivity index is 2.71. The van der Waals surface area contributed by atoms with Gasteiger partial charge in [-0.05, 0) is 24.7 Å². The van der Waals surface area contributed by atoms with Gasteiger partial charge in [0.2, 0.25) is 5.91 Å². The van der Waals surface area contributed by atoms with Crippen LogP contribution in [-0.4, -0.2) is 23.9 Å². The van der Waals surface area contributed by atoms with E-state index in [0.29, 0.717) is 6.54 Å². The lowest BCUT2D eigenvalue weighted by Gasteiger charge is -2.31. The molecule has 0 aromatic heterocycles. The second-order valence-electron chi connectivity index (χ2n) is 5.40. The number of carbonyl (C=O) groups is 1. The number of amides is 1. The summed E-state index contributed by atoms with van der Waals surface area (Å²) in [4.78, 5) is 14.2. The predicted octanol–water partition coefficient (Wildman–Crippen LogP) is 2.68. The van der Waals surface area contributed by atoms with Crippen molar-refractivity contribution in [3.05, 3.63) is 0 Å². The Morgan fingerprint density at radius 2 is 2.25 bits per heavy atom. The van der Waals surface area contributed by atoms with Crippen molar-refractivity contribution in [2.45, 2.75) is 46.5 Å². The van der Waals surface area contributed by atoms with Gasteiger partial charge in [-0.1, -0.05) is 33.1 Å². The van der Waals surface area contributed by atoms with E-state index >= 15 is 0 Å². The van der Waals surface area contributed by atoms with Crippen LogP contribution in [0.1, 0.15) is 46.5 Å². The molecule has 0 saturated heterocycles. The standard InChI is InChI=1S/C14H23NO/c1-5-10-15(11-6-2)13(16)12-8-7-9-14(12,3)4/h1,12H,6-11H2,2-4H3. The maximum absolute atomic E-state index is 12.4. The van der Waals surface area contributed by atoms with Crippen LogP contribution in [0.25, 0.3) is 0 Å². The molecule has 0 bridgehead atoms. The second-order valence-corrected chi connectivity index (χ2v) is 5.40. The number of terminal acetylenes is 1. The largest absolute Gasteiger partial charge is 0.331 e. The Morgan fingerprint density at radius 3 is 2.69 bits per heavy atom. The smallest absolute Gasteiger partial charge is 0.227 e. The van der Waals surface area contributed by atoms with Crippen molar-refractivity contribution < 1.29 is 4.79 Å². The third-order valence-corrected chi connectivity index (χ3v) is 3.64. The quantitative estimate of drug-likeness (QED) is 0.668. The lowest BCUT2D eigenvalue weighted by Crippen LogP contribution is -2.40. The van der Waals surface area contributed by atoms with E-state index in [1.807, 2.05) is 4.90 Å². The number of nitrogens with zero attached hydrogens (tertiary/aromatic N) is 1. The first kappa shape index (κ1) is 13.1. The molecule has 1 atom stereocenters. The van der Waals surface area contributed by atoms with Gasteiger partial charge in [0.25, 0.3) is 0 Å². The zero-order chi connectivity index (χ0) is 12.2. The topological polar surface area (TPSA) is 20.3 Å². The van der Waals surface area contributed by atoms with Crippen LogP contribution in [0.2, 0.25) is 0 Å². The molecule has 0 aliphatic heterocycles. The number of rotatable bonds is 4. The molecule has 1 amide bonds. The summed E-state index contributed by atoms with van der Waals surface area (Å²) in [5, 5.41) is 0. The molecular weight excluding hydrogens is 198 g/mol. The molecule has 2 nitrogen and oxygen atoms in total. The van der Waals surface area contributed by atoms with Crippen LogP contribution in [0.5, 0.6) is 0 Å². The molecule has 1 aliphatic carbocycles. The SMILES string of the molecule is C#CCN(CCC)C(=O)C1CCCC1(C)C. The second kappa shape index (κ2) is 5.39. The summed E-state index contributed by atoms with van der Waals surface area (Å²) in [7, 11) is 0. The fourth-order valence-electron chi connectivity index (χ4n) is 2.65. The Labute approximate surface area is 99.4 Å². The van der Waals surface area contributed by atoms with Crippen molar-refractivity contribution >= 4 is 5.91 Å². The third kappa shape index (κ3) is 2.78. The minimum absolute atomic E-state index is 0.150. The average Bonchev–Trinajstić information content (AvgIpc) is 2.57. The highest BCUT2D eigenvalue weighted by molar-refractivity contribution is 5.80. The van der Waals surface area contributed by atoms with Crippen LogP contribution < -0.4 is 0 Å². The maximum Gasteiger partial charge on any atom is 0.227 e. The Bertz CT molecular complexity index is 288. The number of carbonyl (C=O) groups excluding carboxylic acids is 1. The summed E-state index contributed by atoms with van der Waals surface area (Å²) < 4.78 is 0. The van der Waals surface area contributed by atoms with Crippen molar-refractivity contribution in [1.82, 2.24) is 4.90 Å². The lowest BCUT2D eigenvalue weighted by molar-refractivity contribution is -0.137. The highest BCUT2D eigenvalue weighted by atomic mass is 16.2. The zero-order valence-corrected chi connectivity index (χ0v) is 10.8. The molecule has 1 unspecified atom stereocenters. The van der Waals surface area contributed by atoms with Crippen molar-refractivity contribution in [2.75, 3.05) is 13.1 Å². The van der Waals surface area contributed by atoms with Gasteiger partial charge < -0.3 is 4.90 Å². The first-order valence-electron chi connectivity index (χ1n) is 6.25. The van der Waals surface area contributed by atoms with Crippen LogP contribution in [0, 0.1) is 23.7 Å². The predicted molar refractivity (Wildman–Crippen MR) is 66.8 cm³/mol. The minimum Gasteiger partial charge on any atom is -0.331 e. The van der Waals surface area contributed by atoms with E-state index < -0.39 is 0 Å². The molecule has 0 spiro atoms. The molecule has 16 heavy (non-hydrogen) atoms. The summed E-state index contributed by atoms with van der Waals surface area (Å²) in [6.07, 6.45) is 9.64. The molecule has 0 N–H and O–H groups in total. The molecule has 0 radical (unpaired) electrons. The number of hydrogen-bond donors (Lipinski definition) is 0. The van der Waals surface area contributed by atoms with Crippen molar-refractivity contribution in [3.63, 3.8) is 0 Å². The van der Waals surface area contributed by atoms with Crippen LogP contribution >= 0.6 is 0 Å².